The van der Waals surface area contributed by atoms with E-state index in [1.807, 2.05) is 65.6 Å². The molecule has 0 radical (unpaired) electrons. The average Bonchev–Trinajstić information content (AvgIpc) is 2.97. The topological polar surface area (TPSA) is 58.4 Å². The predicted octanol–water partition coefficient (Wildman–Crippen LogP) is 6.79. The van der Waals surface area contributed by atoms with Crippen molar-refractivity contribution in [2.75, 3.05) is 19.6 Å². The SMILES string of the molecule is CCCCc1ccc(C(=O)N2CCN(C(CC)c3nc4ccccc4c(=O)n3-c3ccc(Br)cc3)CC2C)cc1. The van der Waals surface area contributed by atoms with Crippen LogP contribution < -0.4 is 5.56 Å². The summed E-state index contributed by atoms with van der Waals surface area (Å²) in [7, 11) is 0. The van der Waals surface area contributed by atoms with E-state index in [1.165, 1.54) is 5.56 Å². The third-order valence-corrected chi connectivity index (χ3v) is 8.48. The van der Waals surface area contributed by atoms with Crippen LogP contribution in [-0.4, -0.2) is 50.9 Å². The Labute approximate surface area is 244 Å². The molecule has 0 N–H and O–H groups in total. The number of hydrogen-bond donors (Lipinski definition) is 0. The van der Waals surface area contributed by atoms with E-state index in [0.717, 1.165) is 47.2 Å². The van der Waals surface area contributed by atoms with Crippen LogP contribution in [0.1, 0.15) is 67.8 Å². The molecule has 1 amide bonds. The zero-order valence-electron chi connectivity index (χ0n) is 23.5. The molecule has 3 aromatic carbocycles. The summed E-state index contributed by atoms with van der Waals surface area (Å²) in [5.41, 5.74) is 3.46. The van der Waals surface area contributed by atoms with Gasteiger partial charge in [0.25, 0.3) is 11.5 Å². The van der Waals surface area contributed by atoms with E-state index in [-0.39, 0.29) is 23.6 Å². The van der Waals surface area contributed by atoms with Crippen LogP contribution in [0.4, 0.5) is 0 Å². The molecule has 6 nitrogen and oxygen atoms in total. The monoisotopic (exact) mass is 600 g/mol. The number of nitrogens with zero attached hydrogens (tertiary/aromatic N) is 4. The number of aryl methyl sites for hydroxylation is 1. The second-order valence-electron chi connectivity index (χ2n) is 10.7. The molecule has 1 saturated heterocycles. The van der Waals surface area contributed by atoms with Crippen molar-refractivity contribution in [1.29, 1.82) is 0 Å². The van der Waals surface area contributed by atoms with E-state index >= 15 is 0 Å². The van der Waals surface area contributed by atoms with Crippen LogP contribution >= 0.6 is 15.9 Å². The Bertz CT molecular complexity index is 1530. The number of benzene rings is 3. The minimum Gasteiger partial charge on any atom is -0.333 e. The molecule has 1 aliphatic heterocycles. The van der Waals surface area contributed by atoms with Crippen molar-refractivity contribution in [2.45, 2.75) is 58.5 Å². The first-order valence-corrected chi connectivity index (χ1v) is 15.1. The normalized spacial score (nSPS) is 16.8. The van der Waals surface area contributed by atoms with Gasteiger partial charge in [0.05, 0.1) is 22.6 Å². The van der Waals surface area contributed by atoms with Gasteiger partial charge in [-0.25, -0.2) is 4.98 Å². The maximum atomic E-state index is 13.8. The van der Waals surface area contributed by atoms with Crippen molar-refractivity contribution in [1.82, 2.24) is 19.4 Å². The van der Waals surface area contributed by atoms with Gasteiger partial charge in [0.15, 0.2) is 0 Å². The van der Waals surface area contributed by atoms with Crippen molar-refractivity contribution in [3.05, 3.63) is 105 Å². The molecule has 208 valence electrons. The summed E-state index contributed by atoms with van der Waals surface area (Å²) < 4.78 is 2.72. The van der Waals surface area contributed by atoms with Crippen molar-refractivity contribution in [2.24, 2.45) is 0 Å². The van der Waals surface area contributed by atoms with E-state index in [9.17, 15) is 9.59 Å². The highest BCUT2D eigenvalue weighted by atomic mass is 79.9. The van der Waals surface area contributed by atoms with Gasteiger partial charge in [-0.3, -0.25) is 19.1 Å². The Balaban J connectivity index is 1.42. The van der Waals surface area contributed by atoms with Crippen LogP contribution in [0.5, 0.6) is 0 Å². The molecule has 4 aromatic rings. The van der Waals surface area contributed by atoms with Crippen molar-refractivity contribution in [3.63, 3.8) is 0 Å². The fourth-order valence-corrected chi connectivity index (χ4v) is 6.01. The highest BCUT2D eigenvalue weighted by Crippen LogP contribution is 2.29. The molecule has 2 unspecified atom stereocenters. The summed E-state index contributed by atoms with van der Waals surface area (Å²) in [6, 6.07) is 23.4. The molecular weight excluding hydrogens is 564 g/mol. The number of fused-ring (bicyclic) bond motifs is 1. The zero-order chi connectivity index (χ0) is 28.2. The Hall–Kier alpha value is -3.29. The molecule has 2 atom stereocenters. The Kier molecular flexibility index (Phi) is 8.81. The van der Waals surface area contributed by atoms with E-state index < -0.39 is 0 Å². The number of unbranched alkanes of at least 4 members (excludes halogenated alkanes) is 1. The largest absolute Gasteiger partial charge is 0.333 e. The number of para-hydroxylation sites is 1. The number of hydrogen-bond acceptors (Lipinski definition) is 4. The molecule has 0 saturated carbocycles. The maximum Gasteiger partial charge on any atom is 0.266 e. The van der Waals surface area contributed by atoms with Crippen LogP contribution in [0, 0.1) is 0 Å². The smallest absolute Gasteiger partial charge is 0.266 e. The van der Waals surface area contributed by atoms with Crippen molar-refractivity contribution in [3.8, 4) is 5.69 Å². The highest BCUT2D eigenvalue weighted by Gasteiger charge is 2.33. The molecule has 1 aromatic heterocycles. The van der Waals surface area contributed by atoms with Gasteiger partial charge in [0.1, 0.15) is 5.82 Å². The molecule has 2 heterocycles. The van der Waals surface area contributed by atoms with Crippen LogP contribution in [0.15, 0.2) is 82.1 Å². The van der Waals surface area contributed by atoms with E-state index in [0.29, 0.717) is 30.5 Å². The number of rotatable bonds is 8. The number of amides is 1. The first-order chi connectivity index (χ1) is 19.4. The Morgan fingerprint density at radius 3 is 2.40 bits per heavy atom. The van der Waals surface area contributed by atoms with Gasteiger partial charge in [-0.15, -0.1) is 0 Å². The lowest BCUT2D eigenvalue weighted by atomic mass is 10.0. The summed E-state index contributed by atoms with van der Waals surface area (Å²) >= 11 is 3.51. The number of carbonyl (C=O) groups is 1. The minimum atomic E-state index is -0.0708. The third kappa shape index (κ3) is 5.77. The van der Waals surface area contributed by atoms with Gasteiger partial charge in [-0.2, -0.15) is 0 Å². The van der Waals surface area contributed by atoms with Crippen molar-refractivity contribution >= 4 is 32.7 Å². The molecule has 0 aliphatic carbocycles. The predicted molar refractivity (Wildman–Crippen MR) is 165 cm³/mol. The Morgan fingerprint density at radius 2 is 1.73 bits per heavy atom. The third-order valence-electron chi connectivity index (χ3n) is 7.95. The summed E-state index contributed by atoms with van der Waals surface area (Å²) in [5, 5.41) is 0.605. The maximum absolute atomic E-state index is 13.8. The number of aromatic nitrogens is 2. The van der Waals surface area contributed by atoms with E-state index in [1.54, 1.807) is 4.57 Å². The first kappa shape index (κ1) is 28.2. The van der Waals surface area contributed by atoms with Gasteiger partial charge in [0, 0.05) is 35.7 Å². The molecule has 0 bridgehead atoms. The molecular formula is C33H37BrN4O2. The van der Waals surface area contributed by atoms with Gasteiger partial charge in [-0.1, -0.05) is 60.5 Å². The molecule has 1 fully saturated rings. The van der Waals surface area contributed by atoms with Crippen LogP contribution in [0.2, 0.25) is 0 Å². The lowest BCUT2D eigenvalue weighted by Crippen LogP contribution is -2.55. The minimum absolute atomic E-state index is 0.0309. The summed E-state index contributed by atoms with van der Waals surface area (Å²) in [4.78, 5) is 36.7. The van der Waals surface area contributed by atoms with E-state index in [2.05, 4.69) is 53.7 Å². The van der Waals surface area contributed by atoms with Gasteiger partial charge < -0.3 is 4.90 Å². The number of carbonyl (C=O) groups excluding carboxylic acids is 1. The molecule has 1 aliphatic rings. The van der Waals surface area contributed by atoms with Gasteiger partial charge >= 0.3 is 0 Å². The summed E-state index contributed by atoms with van der Waals surface area (Å²) in [6.07, 6.45) is 4.16. The number of piperazine rings is 1. The highest BCUT2D eigenvalue weighted by molar-refractivity contribution is 9.10. The standard InChI is InChI=1S/C33H37BrN4O2/c1-4-6-9-24-12-14-25(15-13-24)32(39)37-21-20-36(22-23(37)3)30(5-2)31-35-29-11-8-7-10-28(29)33(40)38(31)27-18-16-26(34)17-19-27/h7-8,10-19,23,30H,4-6,9,20-22H2,1-3H3. The second kappa shape index (κ2) is 12.5. The Morgan fingerprint density at radius 1 is 1.00 bits per heavy atom. The summed E-state index contributed by atoms with van der Waals surface area (Å²) in [5.74, 6) is 0.820. The van der Waals surface area contributed by atoms with Gasteiger partial charge in [-0.05, 0) is 80.3 Å². The molecule has 7 heteroatoms. The summed E-state index contributed by atoms with van der Waals surface area (Å²) in [6.45, 7) is 8.50. The second-order valence-corrected chi connectivity index (χ2v) is 11.6. The van der Waals surface area contributed by atoms with Crippen molar-refractivity contribution < 1.29 is 4.79 Å². The quantitative estimate of drug-likeness (QED) is 0.223. The molecule has 40 heavy (non-hydrogen) atoms. The van der Waals surface area contributed by atoms with E-state index in [4.69, 9.17) is 4.98 Å². The lowest BCUT2D eigenvalue weighted by Gasteiger charge is -2.43. The first-order valence-electron chi connectivity index (χ1n) is 14.3. The zero-order valence-corrected chi connectivity index (χ0v) is 25.1. The fraction of sp³-hybridized carbons (Fsp3) is 0.364. The number of halogens is 1. The molecule has 0 spiro atoms. The molecule has 5 rings (SSSR count). The van der Waals surface area contributed by atoms with Gasteiger partial charge in [0.2, 0.25) is 0 Å². The van der Waals surface area contributed by atoms with Crippen LogP contribution in [-0.2, 0) is 6.42 Å². The lowest BCUT2D eigenvalue weighted by molar-refractivity contribution is 0.0364. The fourth-order valence-electron chi connectivity index (χ4n) is 5.75. The average molecular weight is 602 g/mol. The van der Waals surface area contributed by atoms with Crippen LogP contribution in [0.3, 0.4) is 0 Å². The van der Waals surface area contributed by atoms with Crippen LogP contribution in [0.25, 0.3) is 16.6 Å².